The molecule has 1 unspecified atom stereocenters. The summed E-state index contributed by atoms with van der Waals surface area (Å²) in [6.45, 7) is 2.38. The molecule has 0 saturated carbocycles. The third-order valence-electron chi connectivity index (χ3n) is 6.62. The number of nitro benzene ring substituents is 1. The molecule has 1 fully saturated rings. The molecule has 0 N–H and O–H groups in total. The van der Waals surface area contributed by atoms with Crippen molar-refractivity contribution < 1.29 is 19.2 Å². The number of benzene rings is 2. The Bertz CT molecular complexity index is 982. The zero-order valence-electron chi connectivity index (χ0n) is 18.0. The van der Waals surface area contributed by atoms with Gasteiger partial charge in [-0.25, -0.2) is 0 Å². The summed E-state index contributed by atoms with van der Waals surface area (Å²) in [7, 11) is 3.19. The SMILES string of the molecule is COc1cc2c(cc1OC)C(=O)C(CC1CCN(Cc3ccccc3[N+](=O)[O-])CC1)C2. The second-order valence-electron chi connectivity index (χ2n) is 8.47. The van der Waals surface area contributed by atoms with Gasteiger partial charge < -0.3 is 9.47 Å². The fraction of sp³-hybridized carbons (Fsp3) is 0.458. The molecule has 164 valence electrons. The minimum absolute atomic E-state index is 0.0126. The molecule has 0 radical (unpaired) electrons. The summed E-state index contributed by atoms with van der Waals surface area (Å²) < 4.78 is 10.7. The van der Waals surface area contributed by atoms with E-state index in [9.17, 15) is 14.9 Å². The van der Waals surface area contributed by atoms with Gasteiger partial charge in [-0.2, -0.15) is 0 Å². The fourth-order valence-electron chi connectivity index (χ4n) is 4.93. The van der Waals surface area contributed by atoms with E-state index in [1.165, 1.54) is 0 Å². The van der Waals surface area contributed by atoms with E-state index < -0.39 is 0 Å². The van der Waals surface area contributed by atoms with E-state index in [2.05, 4.69) is 4.90 Å². The first-order valence-electron chi connectivity index (χ1n) is 10.7. The van der Waals surface area contributed by atoms with Gasteiger partial charge in [0.05, 0.1) is 19.1 Å². The molecule has 1 aliphatic heterocycles. The maximum absolute atomic E-state index is 13.0. The number of hydrogen-bond donors (Lipinski definition) is 0. The summed E-state index contributed by atoms with van der Waals surface area (Å²) >= 11 is 0. The molecule has 1 heterocycles. The van der Waals surface area contributed by atoms with Crippen molar-refractivity contribution in [1.82, 2.24) is 4.90 Å². The lowest BCUT2D eigenvalue weighted by atomic mass is 9.85. The largest absolute Gasteiger partial charge is 0.493 e. The van der Waals surface area contributed by atoms with E-state index in [0.717, 1.165) is 55.5 Å². The van der Waals surface area contributed by atoms with Crippen LogP contribution in [0.3, 0.4) is 0 Å². The highest BCUT2D eigenvalue weighted by Gasteiger charge is 2.34. The standard InChI is InChI=1S/C24H28N2O5/c1-30-22-13-18-12-19(24(27)20(18)14-23(22)31-2)11-16-7-9-25(10-8-16)15-17-5-3-4-6-21(17)26(28)29/h3-6,13-14,16,19H,7-12,15H2,1-2H3. The molecule has 0 amide bonds. The van der Waals surface area contributed by atoms with E-state index in [0.29, 0.717) is 24.0 Å². The third-order valence-corrected chi connectivity index (χ3v) is 6.62. The van der Waals surface area contributed by atoms with Crippen LogP contribution in [0.4, 0.5) is 5.69 Å². The Labute approximate surface area is 182 Å². The van der Waals surface area contributed by atoms with Crippen molar-refractivity contribution in [3.63, 3.8) is 0 Å². The summed E-state index contributed by atoms with van der Waals surface area (Å²) in [5.41, 5.74) is 2.75. The highest BCUT2D eigenvalue weighted by Crippen LogP contribution is 2.39. The van der Waals surface area contributed by atoms with Gasteiger partial charge in [-0.15, -0.1) is 0 Å². The number of rotatable bonds is 7. The van der Waals surface area contributed by atoms with E-state index in [1.54, 1.807) is 26.4 Å². The molecule has 0 spiro atoms. The Kier molecular flexibility index (Phi) is 6.23. The van der Waals surface area contributed by atoms with E-state index in [1.807, 2.05) is 24.3 Å². The Balaban J connectivity index is 1.34. The summed E-state index contributed by atoms with van der Waals surface area (Å²) in [4.78, 5) is 26.2. The quantitative estimate of drug-likeness (QED) is 0.488. The normalized spacial score (nSPS) is 19.3. The molecular weight excluding hydrogens is 396 g/mol. The monoisotopic (exact) mass is 424 g/mol. The molecule has 4 rings (SSSR count). The van der Waals surface area contributed by atoms with Crippen molar-refractivity contribution in [2.75, 3.05) is 27.3 Å². The topological polar surface area (TPSA) is 81.9 Å². The van der Waals surface area contributed by atoms with E-state index in [-0.39, 0.29) is 22.3 Å². The van der Waals surface area contributed by atoms with Crippen LogP contribution in [-0.4, -0.2) is 42.9 Å². The maximum atomic E-state index is 13.0. The number of methoxy groups -OCH3 is 2. The number of nitro groups is 1. The number of carbonyl (C=O) groups is 1. The van der Waals surface area contributed by atoms with Crippen molar-refractivity contribution in [3.8, 4) is 11.5 Å². The summed E-state index contributed by atoms with van der Waals surface area (Å²) in [6, 6.07) is 10.7. The van der Waals surface area contributed by atoms with Crippen LogP contribution in [0.25, 0.3) is 0 Å². The highest BCUT2D eigenvalue weighted by atomic mass is 16.6. The number of fused-ring (bicyclic) bond motifs is 1. The van der Waals surface area contributed by atoms with Crippen molar-refractivity contribution in [3.05, 3.63) is 63.2 Å². The number of Topliss-reactive ketones (excluding diaryl/α,β-unsaturated/α-hetero) is 1. The Morgan fingerprint density at radius 3 is 2.45 bits per heavy atom. The van der Waals surface area contributed by atoms with E-state index in [4.69, 9.17) is 9.47 Å². The van der Waals surface area contributed by atoms with Crippen LogP contribution >= 0.6 is 0 Å². The number of ketones is 1. The Morgan fingerprint density at radius 2 is 1.77 bits per heavy atom. The molecule has 1 aliphatic carbocycles. The summed E-state index contributed by atoms with van der Waals surface area (Å²) in [5.74, 6) is 1.97. The Morgan fingerprint density at radius 1 is 1.10 bits per heavy atom. The molecule has 2 aliphatic rings. The van der Waals surface area contributed by atoms with E-state index >= 15 is 0 Å². The predicted octanol–water partition coefficient (Wildman–Crippen LogP) is 4.27. The number of nitrogens with zero attached hydrogens (tertiary/aromatic N) is 2. The third kappa shape index (κ3) is 4.42. The molecule has 1 atom stereocenters. The summed E-state index contributed by atoms with van der Waals surface area (Å²) in [5, 5.41) is 11.3. The van der Waals surface area contributed by atoms with Crippen LogP contribution in [0.15, 0.2) is 36.4 Å². The number of para-hydroxylation sites is 1. The first-order chi connectivity index (χ1) is 15.0. The van der Waals surface area contributed by atoms with Gasteiger partial charge >= 0.3 is 0 Å². The highest BCUT2D eigenvalue weighted by molar-refractivity contribution is 6.02. The number of ether oxygens (including phenoxy) is 2. The zero-order chi connectivity index (χ0) is 22.0. The second-order valence-corrected chi connectivity index (χ2v) is 8.47. The van der Waals surface area contributed by atoms with Gasteiger partial charge in [-0.1, -0.05) is 18.2 Å². The second kappa shape index (κ2) is 9.06. The Hall–Kier alpha value is -2.93. The van der Waals surface area contributed by atoms with Gasteiger partial charge in [0, 0.05) is 29.7 Å². The molecule has 2 aromatic rings. The van der Waals surface area contributed by atoms with Crippen molar-refractivity contribution in [1.29, 1.82) is 0 Å². The zero-order valence-corrected chi connectivity index (χ0v) is 18.0. The van der Waals surface area contributed by atoms with Gasteiger partial charge in [0.1, 0.15) is 0 Å². The lowest BCUT2D eigenvalue weighted by Gasteiger charge is -2.32. The molecule has 31 heavy (non-hydrogen) atoms. The molecule has 1 saturated heterocycles. The van der Waals surface area contributed by atoms with Gasteiger partial charge in [-0.3, -0.25) is 19.8 Å². The number of hydrogen-bond acceptors (Lipinski definition) is 6. The van der Waals surface area contributed by atoms with Gasteiger partial charge in [0.2, 0.25) is 0 Å². The van der Waals surface area contributed by atoms with Crippen LogP contribution in [-0.2, 0) is 13.0 Å². The van der Waals surface area contributed by atoms with Gasteiger partial charge in [-0.05, 0) is 62.4 Å². The van der Waals surface area contributed by atoms with Crippen molar-refractivity contribution in [2.24, 2.45) is 11.8 Å². The molecule has 0 bridgehead atoms. The smallest absolute Gasteiger partial charge is 0.273 e. The molecule has 0 aromatic heterocycles. The van der Waals surface area contributed by atoms with Crippen LogP contribution < -0.4 is 9.47 Å². The van der Waals surface area contributed by atoms with Crippen LogP contribution in [0.1, 0.15) is 40.7 Å². The molecule has 7 nitrogen and oxygen atoms in total. The number of piperidine rings is 1. The minimum atomic E-state index is -0.310. The first kappa shape index (κ1) is 21.3. The first-order valence-corrected chi connectivity index (χ1v) is 10.7. The fourth-order valence-corrected chi connectivity index (χ4v) is 4.93. The van der Waals surface area contributed by atoms with Crippen LogP contribution in [0.2, 0.25) is 0 Å². The maximum Gasteiger partial charge on any atom is 0.273 e. The molecular formula is C24H28N2O5. The average molecular weight is 424 g/mol. The van der Waals surface area contributed by atoms with Gasteiger partial charge in [0.15, 0.2) is 17.3 Å². The molecule has 2 aromatic carbocycles. The van der Waals surface area contributed by atoms with Crippen molar-refractivity contribution >= 4 is 11.5 Å². The summed E-state index contributed by atoms with van der Waals surface area (Å²) in [6.07, 6.45) is 3.66. The number of likely N-dealkylation sites (tertiary alicyclic amines) is 1. The van der Waals surface area contributed by atoms with Crippen molar-refractivity contribution in [2.45, 2.75) is 32.2 Å². The van der Waals surface area contributed by atoms with Crippen LogP contribution in [0.5, 0.6) is 11.5 Å². The lowest BCUT2D eigenvalue weighted by molar-refractivity contribution is -0.385. The average Bonchev–Trinajstić information content (AvgIpc) is 3.08. The number of carbonyl (C=O) groups excluding carboxylic acids is 1. The van der Waals surface area contributed by atoms with Gasteiger partial charge in [0.25, 0.3) is 5.69 Å². The minimum Gasteiger partial charge on any atom is -0.493 e. The molecule has 7 heteroatoms. The predicted molar refractivity (Wildman–Crippen MR) is 117 cm³/mol. The van der Waals surface area contributed by atoms with Crippen LogP contribution in [0, 0.1) is 22.0 Å². The lowest BCUT2D eigenvalue weighted by Crippen LogP contribution is -2.34.